The normalized spacial score (nSPS) is 18.9. The molecule has 0 radical (unpaired) electrons. The average Bonchev–Trinajstić information content (AvgIpc) is 2.33. The van der Waals surface area contributed by atoms with Crippen LogP contribution in [-0.2, 0) is 0 Å². The van der Waals surface area contributed by atoms with Crippen molar-refractivity contribution in [2.75, 3.05) is 13.1 Å². The molecule has 1 heterocycles. The van der Waals surface area contributed by atoms with Gasteiger partial charge in [-0.25, -0.2) is 0 Å². The van der Waals surface area contributed by atoms with Crippen LogP contribution < -0.4 is 10.6 Å². The quantitative estimate of drug-likeness (QED) is 0.864. The standard InChI is InChI=1S/C14H20N2O.ClH/c1-10-5-6-11(2)13(8-10)14(17)16-12-4-3-7-15-9-12;/h5-6,8,12,15H,3-4,7,9H2,1-2H3,(H,16,17);1H/t12-;/m0./s1. The predicted molar refractivity (Wildman–Crippen MR) is 76.5 cm³/mol. The number of amides is 1. The Kier molecular flexibility index (Phi) is 5.63. The van der Waals surface area contributed by atoms with Crippen molar-refractivity contribution in [1.82, 2.24) is 10.6 Å². The summed E-state index contributed by atoms with van der Waals surface area (Å²) in [6, 6.07) is 6.27. The average molecular weight is 269 g/mol. The minimum atomic E-state index is 0. The van der Waals surface area contributed by atoms with Crippen molar-refractivity contribution in [2.45, 2.75) is 32.7 Å². The van der Waals surface area contributed by atoms with Crippen LogP contribution in [-0.4, -0.2) is 25.0 Å². The smallest absolute Gasteiger partial charge is 0.251 e. The van der Waals surface area contributed by atoms with E-state index in [9.17, 15) is 4.79 Å². The molecule has 0 spiro atoms. The first-order chi connectivity index (χ1) is 8.16. The van der Waals surface area contributed by atoms with Gasteiger partial charge in [0, 0.05) is 18.2 Å². The Balaban J connectivity index is 0.00000162. The Hall–Kier alpha value is -1.06. The van der Waals surface area contributed by atoms with Crippen LogP contribution in [0.3, 0.4) is 0 Å². The highest BCUT2D eigenvalue weighted by Gasteiger charge is 2.17. The minimum absolute atomic E-state index is 0. The summed E-state index contributed by atoms with van der Waals surface area (Å²) >= 11 is 0. The summed E-state index contributed by atoms with van der Waals surface area (Å²) in [5.74, 6) is 0.0555. The number of aryl methyl sites for hydroxylation is 2. The van der Waals surface area contributed by atoms with E-state index in [-0.39, 0.29) is 24.4 Å². The van der Waals surface area contributed by atoms with Gasteiger partial charge in [0.15, 0.2) is 0 Å². The largest absolute Gasteiger partial charge is 0.348 e. The molecule has 2 rings (SSSR count). The van der Waals surface area contributed by atoms with Crippen molar-refractivity contribution in [3.05, 3.63) is 34.9 Å². The van der Waals surface area contributed by atoms with Crippen molar-refractivity contribution in [3.63, 3.8) is 0 Å². The fraction of sp³-hybridized carbons (Fsp3) is 0.500. The summed E-state index contributed by atoms with van der Waals surface area (Å²) in [7, 11) is 0. The molecule has 100 valence electrons. The lowest BCUT2D eigenvalue weighted by atomic mass is 10.0. The van der Waals surface area contributed by atoms with Gasteiger partial charge in [0.1, 0.15) is 0 Å². The van der Waals surface area contributed by atoms with Crippen molar-refractivity contribution >= 4 is 18.3 Å². The number of benzene rings is 1. The number of halogens is 1. The Bertz CT molecular complexity index is 414. The van der Waals surface area contributed by atoms with Gasteiger partial charge in [0.2, 0.25) is 0 Å². The van der Waals surface area contributed by atoms with Crippen LogP contribution in [0, 0.1) is 13.8 Å². The van der Waals surface area contributed by atoms with Gasteiger partial charge in [0.25, 0.3) is 5.91 Å². The highest BCUT2D eigenvalue weighted by Crippen LogP contribution is 2.11. The monoisotopic (exact) mass is 268 g/mol. The first-order valence-corrected chi connectivity index (χ1v) is 6.25. The lowest BCUT2D eigenvalue weighted by molar-refractivity contribution is 0.0930. The second-order valence-electron chi connectivity index (χ2n) is 4.84. The van der Waals surface area contributed by atoms with Crippen LogP contribution in [0.5, 0.6) is 0 Å². The molecule has 3 nitrogen and oxygen atoms in total. The summed E-state index contributed by atoms with van der Waals surface area (Å²) in [5, 5.41) is 6.40. The van der Waals surface area contributed by atoms with Crippen LogP contribution in [0.4, 0.5) is 0 Å². The van der Waals surface area contributed by atoms with Gasteiger partial charge in [0.05, 0.1) is 0 Å². The zero-order valence-electron chi connectivity index (χ0n) is 11.0. The highest BCUT2D eigenvalue weighted by molar-refractivity contribution is 5.96. The third-order valence-corrected chi connectivity index (χ3v) is 3.27. The Morgan fingerprint density at radius 3 is 2.83 bits per heavy atom. The molecular weight excluding hydrogens is 248 g/mol. The molecule has 0 unspecified atom stereocenters. The highest BCUT2D eigenvalue weighted by atomic mass is 35.5. The Morgan fingerprint density at radius 1 is 1.39 bits per heavy atom. The molecule has 0 aromatic heterocycles. The third-order valence-electron chi connectivity index (χ3n) is 3.27. The summed E-state index contributed by atoms with van der Waals surface area (Å²) in [6.45, 7) is 5.94. The van der Waals surface area contributed by atoms with Crippen molar-refractivity contribution in [3.8, 4) is 0 Å². The molecule has 2 N–H and O–H groups in total. The van der Waals surface area contributed by atoms with Gasteiger partial charge >= 0.3 is 0 Å². The minimum Gasteiger partial charge on any atom is -0.348 e. The molecule has 1 aromatic carbocycles. The molecule has 1 fully saturated rings. The summed E-state index contributed by atoms with van der Waals surface area (Å²) in [6.07, 6.45) is 2.21. The SMILES string of the molecule is Cc1ccc(C)c(C(=O)N[C@H]2CCCNC2)c1.Cl. The molecule has 1 saturated heterocycles. The Labute approximate surface area is 115 Å². The molecule has 0 saturated carbocycles. The van der Waals surface area contributed by atoms with Gasteiger partial charge in [-0.05, 0) is 44.9 Å². The molecule has 1 aromatic rings. The zero-order chi connectivity index (χ0) is 12.3. The number of carbonyl (C=O) groups is 1. The lowest BCUT2D eigenvalue weighted by Gasteiger charge is -2.24. The van der Waals surface area contributed by atoms with Gasteiger partial charge in [-0.3, -0.25) is 4.79 Å². The molecule has 4 heteroatoms. The summed E-state index contributed by atoms with van der Waals surface area (Å²) in [5.41, 5.74) is 2.97. The lowest BCUT2D eigenvalue weighted by Crippen LogP contribution is -2.45. The van der Waals surface area contributed by atoms with E-state index in [1.165, 1.54) is 0 Å². The number of hydrogen-bond donors (Lipinski definition) is 2. The Morgan fingerprint density at radius 2 is 2.17 bits per heavy atom. The van der Waals surface area contributed by atoms with Crippen molar-refractivity contribution in [1.29, 1.82) is 0 Å². The van der Waals surface area contributed by atoms with Gasteiger partial charge in [-0.2, -0.15) is 0 Å². The van der Waals surface area contributed by atoms with E-state index in [1.807, 2.05) is 32.0 Å². The fourth-order valence-electron chi connectivity index (χ4n) is 2.22. The van der Waals surface area contributed by atoms with Crippen LogP contribution in [0.25, 0.3) is 0 Å². The maximum atomic E-state index is 12.1. The van der Waals surface area contributed by atoms with Gasteiger partial charge in [-0.15, -0.1) is 12.4 Å². The third kappa shape index (κ3) is 3.72. The van der Waals surface area contributed by atoms with E-state index in [0.717, 1.165) is 42.6 Å². The molecule has 0 bridgehead atoms. The van der Waals surface area contributed by atoms with E-state index in [1.54, 1.807) is 0 Å². The van der Waals surface area contributed by atoms with Crippen LogP contribution in [0.1, 0.15) is 34.3 Å². The number of piperidine rings is 1. The fourth-order valence-corrected chi connectivity index (χ4v) is 2.22. The van der Waals surface area contributed by atoms with Gasteiger partial charge < -0.3 is 10.6 Å². The molecule has 18 heavy (non-hydrogen) atoms. The number of rotatable bonds is 2. The molecule has 0 aliphatic carbocycles. The maximum absolute atomic E-state index is 12.1. The number of nitrogens with one attached hydrogen (secondary N) is 2. The molecule has 1 amide bonds. The van der Waals surface area contributed by atoms with Gasteiger partial charge in [-0.1, -0.05) is 17.7 Å². The number of hydrogen-bond acceptors (Lipinski definition) is 2. The molecule has 1 aliphatic rings. The van der Waals surface area contributed by atoms with E-state index >= 15 is 0 Å². The van der Waals surface area contributed by atoms with Crippen molar-refractivity contribution < 1.29 is 4.79 Å². The number of carbonyl (C=O) groups excluding carboxylic acids is 1. The second-order valence-corrected chi connectivity index (χ2v) is 4.84. The topological polar surface area (TPSA) is 41.1 Å². The first kappa shape index (κ1) is 15.0. The first-order valence-electron chi connectivity index (χ1n) is 6.25. The zero-order valence-corrected chi connectivity index (χ0v) is 11.8. The summed E-state index contributed by atoms with van der Waals surface area (Å²) in [4.78, 5) is 12.1. The maximum Gasteiger partial charge on any atom is 0.251 e. The molecular formula is C14H21ClN2O. The summed E-state index contributed by atoms with van der Waals surface area (Å²) < 4.78 is 0. The van der Waals surface area contributed by atoms with Crippen LogP contribution in [0.15, 0.2) is 18.2 Å². The van der Waals surface area contributed by atoms with E-state index in [2.05, 4.69) is 10.6 Å². The molecule has 1 atom stereocenters. The van der Waals surface area contributed by atoms with Crippen molar-refractivity contribution in [2.24, 2.45) is 0 Å². The van der Waals surface area contributed by atoms with Crippen LogP contribution >= 0.6 is 12.4 Å². The molecule has 1 aliphatic heterocycles. The van der Waals surface area contributed by atoms with E-state index in [0.29, 0.717) is 0 Å². The van der Waals surface area contributed by atoms with E-state index < -0.39 is 0 Å². The predicted octanol–water partition coefficient (Wildman–Crippen LogP) is 2.21. The van der Waals surface area contributed by atoms with Crippen LogP contribution in [0.2, 0.25) is 0 Å². The second kappa shape index (κ2) is 6.76. The van der Waals surface area contributed by atoms with E-state index in [4.69, 9.17) is 0 Å².